The zero-order valence-electron chi connectivity index (χ0n) is 12.1. The van der Waals surface area contributed by atoms with Gasteiger partial charge in [0.05, 0.1) is 6.10 Å². The van der Waals surface area contributed by atoms with E-state index in [1.165, 1.54) is 25.7 Å². The molecule has 2 unspecified atom stereocenters. The highest BCUT2D eigenvalue weighted by molar-refractivity contribution is 4.82. The van der Waals surface area contributed by atoms with E-state index in [1.807, 2.05) is 0 Å². The monoisotopic (exact) mass is 241 g/mol. The van der Waals surface area contributed by atoms with Crippen molar-refractivity contribution in [2.75, 3.05) is 0 Å². The average Bonchev–Trinajstić information content (AvgIpc) is 2.25. The van der Waals surface area contributed by atoms with Crippen LogP contribution < -0.4 is 5.73 Å². The molecule has 0 aromatic carbocycles. The highest BCUT2D eigenvalue weighted by atomic mass is 16.3. The van der Waals surface area contributed by atoms with Crippen LogP contribution in [-0.4, -0.2) is 17.3 Å². The third kappa shape index (κ3) is 4.97. The molecule has 2 atom stereocenters. The van der Waals surface area contributed by atoms with E-state index in [1.54, 1.807) is 0 Å². The van der Waals surface area contributed by atoms with Crippen molar-refractivity contribution >= 4 is 0 Å². The second kappa shape index (κ2) is 6.19. The molecule has 0 spiro atoms. The Kier molecular flexibility index (Phi) is 5.46. The van der Waals surface area contributed by atoms with Crippen molar-refractivity contribution < 1.29 is 5.11 Å². The Hall–Kier alpha value is -0.0800. The summed E-state index contributed by atoms with van der Waals surface area (Å²) in [4.78, 5) is 0. The van der Waals surface area contributed by atoms with E-state index < -0.39 is 0 Å². The van der Waals surface area contributed by atoms with E-state index in [0.29, 0.717) is 17.3 Å². The minimum Gasteiger partial charge on any atom is -0.393 e. The number of aliphatic hydroxyl groups excluding tert-OH is 1. The maximum atomic E-state index is 10.2. The van der Waals surface area contributed by atoms with Crippen LogP contribution in [0.1, 0.15) is 66.2 Å². The van der Waals surface area contributed by atoms with Crippen LogP contribution in [0.25, 0.3) is 0 Å². The SMILES string of the molecule is CC(C)C(N)CCC(O)C1CCC(C)(C)CC1. The lowest BCUT2D eigenvalue weighted by Gasteiger charge is -2.36. The summed E-state index contributed by atoms with van der Waals surface area (Å²) in [5, 5.41) is 10.2. The molecule has 1 aliphatic carbocycles. The first-order chi connectivity index (χ1) is 7.82. The molecule has 0 bridgehead atoms. The topological polar surface area (TPSA) is 46.2 Å². The van der Waals surface area contributed by atoms with Gasteiger partial charge >= 0.3 is 0 Å². The van der Waals surface area contributed by atoms with Crippen molar-refractivity contribution in [1.29, 1.82) is 0 Å². The molecule has 1 aliphatic rings. The van der Waals surface area contributed by atoms with Crippen LogP contribution in [-0.2, 0) is 0 Å². The first-order valence-corrected chi connectivity index (χ1v) is 7.25. The number of hydrogen-bond acceptors (Lipinski definition) is 2. The van der Waals surface area contributed by atoms with E-state index in [2.05, 4.69) is 27.7 Å². The molecule has 1 saturated carbocycles. The fraction of sp³-hybridized carbons (Fsp3) is 1.00. The van der Waals surface area contributed by atoms with Crippen LogP contribution in [0.5, 0.6) is 0 Å². The Balaban J connectivity index is 2.27. The summed E-state index contributed by atoms with van der Waals surface area (Å²) >= 11 is 0. The van der Waals surface area contributed by atoms with Crippen molar-refractivity contribution in [1.82, 2.24) is 0 Å². The Morgan fingerprint density at radius 2 is 1.71 bits per heavy atom. The van der Waals surface area contributed by atoms with E-state index in [-0.39, 0.29) is 12.1 Å². The van der Waals surface area contributed by atoms with Crippen molar-refractivity contribution in [2.45, 2.75) is 78.4 Å². The second-order valence-electron chi connectivity index (χ2n) is 7.05. The highest BCUT2D eigenvalue weighted by Crippen LogP contribution is 2.39. The summed E-state index contributed by atoms with van der Waals surface area (Å²) in [7, 11) is 0. The third-order valence-corrected chi connectivity index (χ3v) is 4.58. The molecule has 3 N–H and O–H groups in total. The minimum absolute atomic E-state index is 0.129. The fourth-order valence-corrected chi connectivity index (χ4v) is 2.74. The summed E-state index contributed by atoms with van der Waals surface area (Å²) in [5.41, 5.74) is 6.52. The lowest BCUT2D eigenvalue weighted by atomic mass is 9.71. The molecule has 0 aromatic heterocycles. The molecular weight excluding hydrogens is 210 g/mol. The molecule has 0 aliphatic heterocycles. The highest BCUT2D eigenvalue weighted by Gasteiger charge is 2.30. The largest absolute Gasteiger partial charge is 0.393 e. The van der Waals surface area contributed by atoms with Gasteiger partial charge in [-0.3, -0.25) is 0 Å². The molecule has 0 heterocycles. The van der Waals surface area contributed by atoms with Gasteiger partial charge < -0.3 is 10.8 Å². The van der Waals surface area contributed by atoms with Crippen LogP contribution in [0.15, 0.2) is 0 Å². The molecule has 0 aromatic rings. The maximum Gasteiger partial charge on any atom is 0.0569 e. The average molecular weight is 241 g/mol. The van der Waals surface area contributed by atoms with E-state index in [0.717, 1.165) is 12.8 Å². The van der Waals surface area contributed by atoms with Crippen LogP contribution in [0.4, 0.5) is 0 Å². The molecule has 0 saturated heterocycles. The molecule has 2 nitrogen and oxygen atoms in total. The Morgan fingerprint density at radius 1 is 1.18 bits per heavy atom. The molecule has 17 heavy (non-hydrogen) atoms. The summed E-state index contributed by atoms with van der Waals surface area (Å²) < 4.78 is 0. The van der Waals surface area contributed by atoms with Crippen molar-refractivity contribution in [3.05, 3.63) is 0 Å². The summed E-state index contributed by atoms with van der Waals surface area (Å²) in [6, 6.07) is 0.240. The van der Waals surface area contributed by atoms with Crippen LogP contribution in [0, 0.1) is 17.3 Å². The molecular formula is C15H31NO. The normalized spacial score (nSPS) is 24.9. The van der Waals surface area contributed by atoms with Crippen LogP contribution >= 0.6 is 0 Å². The summed E-state index contributed by atoms with van der Waals surface area (Å²) in [5.74, 6) is 1.04. The van der Waals surface area contributed by atoms with Gasteiger partial charge in [0.15, 0.2) is 0 Å². The van der Waals surface area contributed by atoms with Crippen molar-refractivity contribution in [3.63, 3.8) is 0 Å². The van der Waals surface area contributed by atoms with Gasteiger partial charge in [0.2, 0.25) is 0 Å². The quantitative estimate of drug-likeness (QED) is 0.775. The minimum atomic E-state index is -0.129. The number of hydrogen-bond donors (Lipinski definition) is 2. The molecule has 0 amide bonds. The van der Waals surface area contributed by atoms with E-state index >= 15 is 0 Å². The van der Waals surface area contributed by atoms with E-state index in [9.17, 15) is 5.11 Å². The molecule has 102 valence electrons. The first-order valence-electron chi connectivity index (χ1n) is 7.25. The number of nitrogens with two attached hydrogens (primary N) is 1. The zero-order chi connectivity index (χ0) is 13.1. The lowest BCUT2D eigenvalue weighted by molar-refractivity contribution is 0.0481. The van der Waals surface area contributed by atoms with Gasteiger partial charge in [0.1, 0.15) is 0 Å². The molecule has 2 heteroatoms. The van der Waals surface area contributed by atoms with Gasteiger partial charge in [-0.05, 0) is 55.8 Å². The number of aliphatic hydroxyl groups is 1. The summed E-state index contributed by atoms with van der Waals surface area (Å²) in [6.45, 7) is 8.98. The van der Waals surface area contributed by atoms with Gasteiger partial charge in [0.25, 0.3) is 0 Å². The standard InChI is InChI=1S/C15H31NO/c1-11(2)13(16)5-6-14(17)12-7-9-15(3,4)10-8-12/h11-14,17H,5-10,16H2,1-4H3. The van der Waals surface area contributed by atoms with Gasteiger partial charge in [-0.15, -0.1) is 0 Å². The smallest absolute Gasteiger partial charge is 0.0569 e. The predicted octanol–water partition coefficient (Wildman–Crippen LogP) is 3.33. The predicted molar refractivity (Wildman–Crippen MR) is 73.8 cm³/mol. The van der Waals surface area contributed by atoms with Crippen LogP contribution in [0.2, 0.25) is 0 Å². The third-order valence-electron chi connectivity index (χ3n) is 4.58. The van der Waals surface area contributed by atoms with Crippen LogP contribution in [0.3, 0.4) is 0 Å². The van der Waals surface area contributed by atoms with Gasteiger partial charge in [-0.1, -0.05) is 27.7 Å². The molecule has 1 fully saturated rings. The second-order valence-corrected chi connectivity index (χ2v) is 7.05. The Bertz CT molecular complexity index is 215. The van der Waals surface area contributed by atoms with Gasteiger partial charge in [-0.25, -0.2) is 0 Å². The fourth-order valence-electron chi connectivity index (χ4n) is 2.74. The van der Waals surface area contributed by atoms with E-state index in [4.69, 9.17) is 5.73 Å². The first kappa shape index (κ1) is 15.0. The molecule has 1 rings (SSSR count). The van der Waals surface area contributed by atoms with Gasteiger partial charge in [-0.2, -0.15) is 0 Å². The Labute approximate surface area is 107 Å². The zero-order valence-corrected chi connectivity index (χ0v) is 12.1. The van der Waals surface area contributed by atoms with Gasteiger partial charge in [0, 0.05) is 6.04 Å². The lowest BCUT2D eigenvalue weighted by Crippen LogP contribution is -2.32. The van der Waals surface area contributed by atoms with Crippen molar-refractivity contribution in [3.8, 4) is 0 Å². The van der Waals surface area contributed by atoms with Crippen molar-refractivity contribution in [2.24, 2.45) is 23.0 Å². The summed E-state index contributed by atoms with van der Waals surface area (Å²) in [6.07, 6.45) is 6.59. The Morgan fingerprint density at radius 3 is 2.18 bits per heavy atom. The number of rotatable bonds is 5. The maximum absolute atomic E-state index is 10.2. The molecule has 0 radical (unpaired) electrons.